The van der Waals surface area contributed by atoms with Crippen LogP contribution in [0.1, 0.15) is 27.7 Å². The summed E-state index contributed by atoms with van der Waals surface area (Å²) in [7, 11) is 0. The maximum Gasteiger partial charge on any atom is 0.122 e. The molecule has 4 heteroatoms. The largest absolute Gasteiger partial charge is 0.389 e. The van der Waals surface area contributed by atoms with Gasteiger partial charge in [-0.15, -0.1) is 0 Å². The van der Waals surface area contributed by atoms with Crippen molar-refractivity contribution in [1.82, 2.24) is 5.32 Å². The van der Waals surface area contributed by atoms with Crippen molar-refractivity contribution in [1.29, 1.82) is 0 Å². The second kappa shape index (κ2) is 3.70. The van der Waals surface area contributed by atoms with Gasteiger partial charge in [-0.25, -0.2) is 0 Å². The Morgan fingerprint density at radius 3 is 2.00 bits per heavy atom. The zero-order valence-corrected chi connectivity index (χ0v) is 8.26. The van der Waals surface area contributed by atoms with E-state index in [0.717, 1.165) is 0 Å². The van der Waals surface area contributed by atoms with Crippen LogP contribution in [0.2, 0.25) is 0 Å². The van der Waals surface area contributed by atoms with Crippen molar-refractivity contribution in [2.24, 2.45) is 5.73 Å². The smallest absolute Gasteiger partial charge is 0.122 e. The fourth-order valence-electron chi connectivity index (χ4n) is 0.609. The lowest BCUT2D eigenvalue weighted by atomic mass is 10.0. The predicted octanol–water partition coefficient (Wildman–Crippen LogP) is -0.597. The summed E-state index contributed by atoms with van der Waals surface area (Å²) in [5.41, 5.74) is 4.10. The highest BCUT2D eigenvalue weighted by atomic mass is 16.3. The van der Waals surface area contributed by atoms with Crippen molar-refractivity contribution in [3.8, 4) is 0 Å². The summed E-state index contributed by atoms with van der Waals surface area (Å²) < 4.78 is 0. The number of aliphatic hydroxyl groups excluding tert-OH is 1. The van der Waals surface area contributed by atoms with Gasteiger partial charge in [0, 0.05) is 12.1 Å². The molecular weight excluding hydrogens is 156 g/mol. The lowest BCUT2D eigenvalue weighted by molar-refractivity contribution is 0.0256. The van der Waals surface area contributed by atoms with Crippen molar-refractivity contribution in [2.45, 2.75) is 45.1 Å². The third-order valence-corrected chi connectivity index (χ3v) is 1.43. The minimum absolute atomic E-state index is 0.314. The molecule has 5 N–H and O–H groups in total. The topological polar surface area (TPSA) is 78.5 Å². The molecule has 0 bridgehead atoms. The van der Waals surface area contributed by atoms with E-state index in [0.29, 0.717) is 6.54 Å². The molecule has 74 valence electrons. The Morgan fingerprint density at radius 2 is 1.75 bits per heavy atom. The van der Waals surface area contributed by atoms with Crippen LogP contribution in [0.3, 0.4) is 0 Å². The van der Waals surface area contributed by atoms with Crippen LogP contribution < -0.4 is 11.1 Å². The summed E-state index contributed by atoms with van der Waals surface area (Å²) >= 11 is 0. The predicted molar refractivity (Wildman–Crippen MR) is 48.6 cm³/mol. The summed E-state index contributed by atoms with van der Waals surface area (Å²) in [5, 5.41) is 21.5. The van der Waals surface area contributed by atoms with E-state index in [9.17, 15) is 10.2 Å². The summed E-state index contributed by atoms with van der Waals surface area (Å²) in [6.45, 7) is 7.07. The quantitative estimate of drug-likeness (QED) is 0.431. The highest BCUT2D eigenvalue weighted by Gasteiger charge is 2.24. The van der Waals surface area contributed by atoms with E-state index in [2.05, 4.69) is 5.32 Å². The second-order valence-corrected chi connectivity index (χ2v) is 4.42. The number of hydrogen-bond acceptors (Lipinski definition) is 4. The van der Waals surface area contributed by atoms with Crippen molar-refractivity contribution in [3.63, 3.8) is 0 Å². The molecule has 0 aliphatic carbocycles. The Balaban J connectivity index is 3.80. The molecule has 0 amide bonds. The van der Waals surface area contributed by atoms with Gasteiger partial charge in [-0.2, -0.15) is 0 Å². The van der Waals surface area contributed by atoms with E-state index >= 15 is 0 Å². The molecule has 0 aliphatic rings. The molecule has 0 rings (SSSR count). The zero-order valence-electron chi connectivity index (χ0n) is 8.26. The third kappa shape index (κ3) is 5.49. The van der Waals surface area contributed by atoms with Crippen LogP contribution >= 0.6 is 0 Å². The molecule has 0 saturated heterocycles. The standard InChI is InChI=1S/C8H20N2O2/c1-7(2,12)5-10-6(11)8(3,4)9/h6,10-12H,5,9H2,1-4H3. The fraction of sp³-hybridized carbons (Fsp3) is 1.00. The first-order chi connectivity index (χ1) is 5.13. The van der Waals surface area contributed by atoms with E-state index in [-0.39, 0.29) is 0 Å². The van der Waals surface area contributed by atoms with E-state index < -0.39 is 17.4 Å². The molecule has 12 heavy (non-hydrogen) atoms. The molecule has 4 nitrogen and oxygen atoms in total. The van der Waals surface area contributed by atoms with E-state index in [1.54, 1.807) is 27.7 Å². The number of rotatable bonds is 4. The second-order valence-electron chi connectivity index (χ2n) is 4.42. The van der Waals surface area contributed by atoms with Gasteiger partial charge in [0.15, 0.2) is 0 Å². The van der Waals surface area contributed by atoms with Gasteiger partial charge >= 0.3 is 0 Å². The molecule has 0 saturated carbocycles. The van der Waals surface area contributed by atoms with E-state index in [4.69, 9.17) is 5.73 Å². The van der Waals surface area contributed by atoms with Gasteiger partial charge in [-0.3, -0.25) is 5.32 Å². The number of aliphatic hydroxyl groups is 2. The monoisotopic (exact) mass is 176 g/mol. The van der Waals surface area contributed by atoms with Crippen LogP contribution in [0.4, 0.5) is 0 Å². The number of hydrogen-bond donors (Lipinski definition) is 4. The van der Waals surface area contributed by atoms with E-state index in [1.807, 2.05) is 0 Å². The Labute approximate surface area is 73.8 Å². The van der Waals surface area contributed by atoms with Crippen LogP contribution in [-0.2, 0) is 0 Å². The van der Waals surface area contributed by atoms with Crippen LogP contribution in [0.25, 0.3) is 0 Å². The average molecular weight is 176 g/mol. The summed E-state index contributed by atoms with van der Waals surface area (Å²) in [4.78, 5) is 0. The minimum atomic E-state index is -0.827. The van der Waals surface area contributed by atoms with Gasteiger partial charge in [-0.1, -0.05) is 0 Å². The van der Waals surface area contributed by atoms with Gasteiger partial charge in [0.05, 0.1) is 5.60 Å². The average Bonchev–Trinajstić information content (AvgIpc) is 1.78. The van der Waals surface area contributed by atoms with Crippen molar-refractivity contribution < 1.29 is 10.2 Å². The third-order valence-electron chi connectivity index (χ3n) is 1.43. The van der Waals surface area contributed by atoms with Gasteiger partial charge < -0.3 is 15.9 Å². The first-order valence-electron chi connectivity index (χ1n) is 4.05. The van der Waals surface area contributed by atoms with Crippen LogP contribution in [0.5, 0.6) is 0 Å². The van der Waals surface area contributed by atoms with Crippen LogP contribution in [0.15, 0.2) is 0 Å². The van der Waals surface area contributed by atoms with Crippen molar-refractivity contribution in [2.75, 3.05) is 6.54 Å². The van der Waals surface area contributed by atoms with Crippen LogP contribution in [-0.4, -0.2) is 34.1 Å². The highest BCUT2D eigenvalue weighted by molar-refractivity contribution is 4.82. The van der Waals surface area contributed by atoms with Crippen molar-refractivity contribution >= 4 is 0 Å². The zero-order chi connectivity index (χ0) is 9.99. The maximum absolute atomic E-state index is 9.40. The first-order valence-corrected chi connectivity index (χ1v) is 4.05. The molecule has 1 atom stereocenters. The molecular formula is C8H20N2O2. The Kier molecular flexibility index (Phi) is 3.65. The first kappa shape index (κ1) is 11.8. The van der Waals surface area contributed by atoms with Crippen LogP contribution in [0, 0.1) is 0 Å². The highest BCUT2D eigenvalue weighted by Crippen LogP contribution is 2.04. The molecule has 0 radical (unpaired) electrons. The van der Waals surface area contributed by atoms with Gasteiger partial charge in [0.25, 0.3) is 0 Å². The lowest BCUT2D eigenvalue weighted by Crippen LogP contribution is -2.55. The fourth-order valence-corrected chi connectivity index (χ4v) is 0.609. The number of nitrogens with two attached hydrogens (primary N) is 1. The maximum atomic E-state index is 9.40. The minimum Gasteiger partial charge on any atom is -0.389 e. The normalized spacial score (nSPS) is 16.2. The SMILES string of the molecule is CC(C)(O)CNC(O)C(C)(C)N. The van der Waals surface area contributed by atoms with Gasteiger partial charge in [-0.05, 0) is 27.7 Å². The molecule has 0 aliphatic heterocycles. The summed E-state index contributed by atoms with van der Waals surface area (Å²) in [6, 6.07) is 0. The molecule has 0 aromatic carbocycles. The lowest BCUT2D eigenvalue weighted by Gasteiger charge is -2.29. The Morgan fingerprint density at radius 1 is 1.33 bits per heavy atom. The molecule has 1 unspecified atom stereocenters. The Hall–Kier alpha value is -0.160. The molecule has 0 heterocycles. The molecule has 0 spiro atoms. The molecule has 0 aromatic heterocycles. The Bertz CT molecular complexity index is 135. The van der Waals surface area contributed by atoms with Gasteiger partial charge in [0.1, 0.15) is 6.23 Å². The molecule has 0 aromatic rings. The summed E-state index contributed by atoms with van der Waals surface area (Å²) in [5.74, 6) is 0. The number of nitrogens with one attached hydrogen (secondary N) is 1. The molecule has 0 fully saturated rings. The van der Waals surface area contributed by atoms with Crippen molar-refractivity contribution in [3.05, 3.63) is 0 Å². The summed E-state index contributed by atoms with van der Waals surface area (Å²) in [6.07, 6.45) is -0.802. The van der Waals surface area contributed by atoms with Gasteiger partial charge in [0.2, 0.25) is 0 Å². The van der Waals surface area contributed by atoms with E-state index in [1.165, 1.54) is 0 Å².